The van der Waals surface area contributed by atoms with Gasteiger partial charge in [0.15, 0.2) is 0 Å². The average molecular weight is 385 g/mol. The van der Waals surface area contributed by atoms with Gasteiger partial charge in [0.25, 0.3) is 11.8 Å². The summed E-state index contributed by atoms with van der Waals surface area (Å²) >= 11 is 0. The number of aromatic nitrogens is 2. The maximum absolute atomic E-state index is 12.4. The second-order valence-corrected chi connectivity index (χ2v) is 6.55. The number of nitrogens with one attached hydrogen (secondary N) is 1. The minimum Gasteiger partial charge on any atom is -0.497 e. The third-order valence-electron chi connectivity index (χ3n) is 4.46. The zero-order valence-corrected chi connectivity index (χ0v) is 16.0. The Hall–Kier alpha value is -3.93. The van der Waals surface area contributed by atoms with Gasteiger partial charge in [0, 0.05) is 22.4 Å². The lowest BCUT2D eigenvalue weighted by Crippen LogP contribution is -2.11. The van der Waals surface area contributed by atoms with Crippen molar-refractivity contribution in [3.63, 3.8) is 0 Å². The summed E-state index contributed by atoms with van der Waals surface area (Å²) in [5, 5.41) is 6.91. The molecule has 0 aliphatic rings. The number of anilines is 1. The molecule has 29 heavy (non-hydrogen) atoms. The van der Waals surface area contributed by atoms with E-state index in [2.05, 4.69) is 15.5 Å². The largest absolute Gasteiger partial charge is 0.497 e. The van der Waals surface area contributed by atoms with E-state index in [1.807, 2.05) is 43.3 Å². The van der Waals surface area contributed by atoms with Crippen molar-refractivity contribution >= 4 is 11.6 Å². The van der Waals surface area contributed by atoms with Crippen molar-refractivity contribution in [2.45, 2.75) is 6.92 Å². The van der Waals surface area contributed by atoms with Crippen LogP contribution in [0.25, 0.3) is 22.8 Å². The van der Waals surface area contributed by atoms with E-state index in [1.165, 1.54) is 5.56 Å². The van der Waals surface area contributed by atoms with Gasteiger partial charge in [0.05, 0.1) is 7.11 Å². The molecular weight excluding hydrogens is 366 g/mol. The minimum atomic E-state index is -0.212. The summed E-state index contributed by atoms with van der Waals surface area (Å²) in [6.07, 6.45) is 0. The molecule has 1 aromatic heterocycles. The zero-order chi connectivity index (χ0) is 20.2. The van der Waals surface area contributed by atoms with E-state index in [1.54, 1.807) is 43.5 Å². The van der Waals surface area contributed by atoms with Crippen molar-refractivity contribution in [3.05, 3.63) is 83.9 Å². The van der Waals surface area contributed by atoms with E-state index >= 15 is 0 Å². The summed E-state index contributed by atoms with van der Waals surface area (Å²) in [4.78, 5) is 16.9. The SMILES string of the molecule is COc1cccc(C(=O)Nc2ccc(-c3nc(-c4ccc(C)cc4)no3)cc2)c1. The van der Waals surface area contributed by atoms with Gasteiger partial charge in [-0.2, -0.15) is 4.98 Å². The Kier molecular flexibility index (Phi) is 5.07. The van der Waals surface area contributed by atoms with Crippen LogP contribution in [0.3, 0.4) is 0 Å². The summed E-state index contributed by atoms with van der Waals surface area (Å²) in [6, 6.07) is 22.2. The van der Waals surface area contributed by atoms with E-state index in [-0.39, 0.29) is 5.91 Å². The number of hydrogen-bond acceptors (Lipinski definition) is 5. The van der Waals surface area contributed by atoms with Gasteiger partial charge < -0.3 is 14.6 Å². The first-order valence-electron chi connectivity index (χ1n) is 9.09. The fourth-order valence-electron chi connectivity index (χ4n) is 2.82. The zero-order valence-electron chi connectivity index (χ0n) is 16.0. The molecule has 1 amide bonds. The number of hydrogen-bond donors (Lipinski definition) is 1. The van der Waals surface area contributed by atoms with Crippen molar-refractivity contribution in [1.29, 1.82) is 0 Å². The van der Waals surface area contributed by atoms with Gasteiger partial charge in [0.1, 0.15) is 5.75 Å². The average Bonchev–Trinajstić information content (AvgIpc) is 3.25. The molecule has 0 radical (unpaired) electrons. The number of amides is 1. The second-order valence-electron chi connectivity index (χ2n) is 6.55. The van der Waals surface area contributed by atoms with E-state index < -0.39 is 0 Å². The minimum absolute atomic E-state index is 0.212. The third-order valence-corrected chi connectivity index (χ3v) is 4.46. The number of rotatable bonds is 5. The molecule has 3 aromatic carbocycles. The van der Waals surface area contributed by atoms with Gasteiger partial charge in [-0.05, 0) is 49.4 Å². The lowest BCUT2D eigenvalue weighted by Gasteiger charge is -2.07. The molecular formula is C23H19N3O3. The molecule has 0 saturated carbocycles. The first-order chi connectivity index (χ1) is 14.1. The maximum atomic E-state index is 12.4. The number of carbonyl (C=O) groups excluding carboxylic acids is 1. The normalized spacial score (nSPS) is 10.6. The van der Waals surface area contributed by atoms with E-state index in [0.29, 0.717) is 28.7 Å². The Bertz CT molecular complexity index is 1130. The van der Waals surface area contributed by atoms with Gasteiger partial charge in [-0.15, -0.1) is 0 Å². The van der Waals surface area contributed by atoms with E-state index in [4.69, 9.17) is 9.26 Å². The second kappa shape index (κ2) is 7.98. The van der Waals surface area contributed by atoms with E-state index in [9.17, 15) is 4.79 Å². The smallest absolute Gasteiger partial charge is 0.258 e. The van der Waals surface area contributed by atoms with Crippen LogP contribution in [-0.2, 0) is 0 Å². The predicted molar refractivity (Wildman–Crippen MR) is 111 cm³/mol. The molecule has 0 unspecified atom stereocenters. The summed E-state index contributed by atoms with van der Waals surface area (Å²) in [5.41, 5.74) is 4.03. The van der Waals surface area contributed by atoms with Crippen molar-refractivity contribution in [2.24, 2.45) is 0 Å². The number of ether oxygens (including phenoxy) is 1. The molecule has 0 bridgehead atoms. The molecule has 0 atom stereocenters. The number of benzene rings is 3. The lowest BCUT2D eigenvalue weighted by atomic mass is 10.1. The Balaban J connectivity index is 1.48. The molecule has 0 aliphatic carbocycles. The van der Waals surface area contributed by atoms with Crippen LogP contribution in [0.2, 0.25) is 0 Å². The van der Waals surface area contributed by atoms with Gasteiger partial charge in [0.2, 0.25) is 5.82 Å². The molecule has 1 N–H and O–H groups in total. The van der Waals surface area contributed by atoms with Crippen LogP contribution >= 0.6 is 0 Å². The first-order valence-corrected chi connectivity index (χ1v) is 9.09. The van der Waals surface area contributed by atoms with Crippen molar-refractivity contribution in [3.8, 4) is 28.6 Å². The quantitative estimate of drug-likeness (QED) is 0.525. The highest BCUT2D eigenvalue weighted by Gasteiger charge is 2.12. The molecule has 6 heteroatoms. The number of aryl methyl sites for hydroxylation is 1. The van der Waals surface area contributed by atoms with Crippen LogP contribution in [0, 0.1) is 6.92 Å². The fraction of sp³-hybridized carbons (Fsp3) is 0.0870. The van der Waals surface area contributed by atoms with Crippen LogP contribution in [-0.4, -0.2) is 23.2 Å². The predicted octanol–water partition coefficient (Wildman–Crippen LogP) is 4.97. The fourth-order valence-corrected chi connectivity index (χ4v) is 2.82. The van der Waals surface area contributed by atoms with Crippen molar-refractivity contribution in [1.82, 2.24) is 10.1 Å². The lowest BCUT2D eigenvalue weighted by molar-refractivity contribution is 0.102. The van der Waals surface area contributed by atoms with Crippen molar-refractivity contribution < 1.29 is 14.1 Å². The number of nitrogens with zero attached hydrogens (tertiary/aromatic N) is 2. The van der Waals surface area contributed by atoms with Crippen LogP contribution in [0.15, 0.2) is 77.3 Å². The standard InChI is InChI=1S/C23H19N3O3/c1-15-6-8-16(9-7-15)21-25-23(29-26-21)17-10-12-19(13-11-17)24-22(27)18-4-3-5-20(14-18)28-2/h3-14H,1-2H3,(H,24,27). The Morgan fingerprint density at radius 2 is 1.69 bits per heavy atom. The first kappa shape index (κ1) is 18.4. The van der Waals surface area contributed by atoms with Gasteiger partial charge >= 0.3 is 0 Å². The third kappa shape index (κ3) is 4.16. The summed E-state index contributed by atoms with van der Waals surface area (Å²) < 4.78 is 10.5. The monoisotopic (exact) mass is 385 g/mol. The molecule has 0 saturated heterocycles. The highest BCUT2D eigenvalue weighted by Crippen LogP contribution is 2.24. The van der Waals surface area contributed by atoms with Gasteiger partial charge in [-0.3, -0.25) is 4.79 Å². The number of carbonyl (C=O) groups is 1. The molecule has 6 nitrogen and oxygen atoms in total. The Morgan fingerprint density at radius 1 is 0.966 bits per heavy atom. The van der Waals surface area contributed by atoms with Gasteiger partial charge in [-0.1, -0.05) is 41.1 Å². The number of methoxy groups -OCH3 is 1. The van der Waals surface area contributed by atoms with Crippen LogP contribution in [0.1, 0.15) is 15.9 Å². The summed E-state index contributed by atoms with van der Waals surface area (Å²) in [6.45, 7) is 2.03. The topological polar surface area (TPSA) is 77.2 Å². The molecule has 0 spiro atoms. The molecule has 4 aromatic rings. The maximum Gasteiger partial charge on any atom is 0.258 e. The molecule has 0 fully saturated rings. The Morgan fingerprint density at radius 3 is 2.41 bits per heavy atom. The molecule has 4 rings (SSSR count). The van der Waals surface area contributed by atoms with Crippen LogP contribution < -0.4 is 10.1 Å². The van der Waals surface area contributed by atoms with E-state index in [0.717, 1.165) is 11.1 Å². The molecule has 144 valence electrons. The highest BCUT2D eigenvalue weighted by molar-refractivity contribution is 6.04. The molecule has 1 heterocycles. The van der Waals surface area contributed by atoms with Crippen molar-refractivity contribution in [2.75, 3.05) is 12.4 Å². The summed E-state index contributed by atoms with van der Waals surface area (Å²) in [7, 11) is 1.57. The summed E-state index contributed by atoms with van der Waals surface area (Å²) in [5.74, 6) is 1.38. The van der Waals surface area contributed by atoms with Crippen LogP contribution in [0.5, 0.6) is 5.75 Å². The highest BCUT2D eigenvalue weighted by atomic mass is 16.5. The van der Waals surface area contributed by atoms with Gasteiger partial charge in [-0.25, -0.2) is 0 Å². The Labute approximate surface area is 168 Å². The molecule has 0 aliphatic heterocycles. The van der Waals surface area contributed by atoms with Crippen LogP contribution in [0.4, 0.5) is 5.69 Å².